The number of piperazine rings is 1. The van der Waals surface area contributed by atoms with Crippen LogP contribution < -0.4 is 5.32 Å². The Morgan fingerprint density at radius 1 is 1.12 bits per heavy atom. The summed E-state index contributed by atoms with van der Waals surface area (Å²) >= 11 is 0. The Hall–Kier alpha value is -1.62. The molecule has 130 valence electrons. The topological polar surface area (TPSA) is 45.2 Å². The van der Waals surface area contributed by atoms with Crippen molar-refractivity contribution in [3.8, 4) is 0 Å². The Labute approximate surface area is 155 Å². The number of rotatable bonds is 2. The van der Waals surface area contributed by atoms with E-state index in [0.717, 1.165) is 30.0 Å². The summed E-state index contributed by atoms with van der Waals surface area (Å²) in [6.07, 6.45) is 0. The van der Waals surface area contributed by atoms with Gasteiger partial charge in [-0.1, -0.05) is 30.3 Å². The molecule has 1 atom stereocenters. The van der Waals surface area contributed by atoms with Crippen molar-refractivity contribution in [1.82, 2.24) is 15.2 Å². The second-order valence-electron chi connectivity index (χ2n) is 5.81. The molecular weight excluding hydrogens is 345 g/mol. The van der Waals surface area contributed by atoms with Crippen molar-refractivity contribution in [2.24, 2.45) is 0 Å². The van der Waals surface area contributed by atoms with Gasteiger partial charge in [-0.2, -0.15) is 0 Å². The SMILES string of the molecule is Cc1cc(C(=O)N2CCNC(c3ccccc3)C2)cc(C)n1.Cl.Cl. The van der Waals surface area contributed by atoms with Crippen LogP contribution >= 0.6 is 24.8 Å². The van der Waals surface area contributed by atoms with Gasteiger partial charge in [0.15, 0.2) is 0 Å². The van der Waals surface area contributed by atoms with E-state index in [0.29, 0.717) is 6.54 Å². The van der Waals surface area contributed by atoms with E-state index in [9.17, 15) is 4.79 Å². The van der Waals surface area contributed by atoms with E-state index in [4.69, 9.17) is 0 Å². The lowest BCUT2D eigenvalue weighted by molar-refractivity contribution is 0.0702. The van der Waals surface area contributed by atoms with Crippen LogP contribution in [0.5, 0.6) is 0 Å². The quantitative estimate of drug-likeness (QED) is 0.885. The third-order valence-corrected chi connectivity index (χ3v) is 3.99. The summed E-state index contributed by atoms with van der Waals surface area (Å²) in [5, 5.41) is 3.49. The molecule has 1 aliphatic rings. The average Bonchev–Trinajstić information content (AvgIpc) is 2.54. The zero-order valence-electron chi connectivity index (χ0n) is 13.9. The Morgan fingerprint density at radius 2 is 1.75 bits per heavy atom. The smallest absolute Gasteiger partial charge is 0.254 e. The van der Waals surface area contributed by atoms with Gasteiger partial charge in [0.2, 0.25) is 0 Å². The molecule has 1 fully saturated rings. The lowest BCUT2D eigenvalue weighted by Crippen LogP contribution is -2.48. The van der Waals surface area contributed by atoms with Crippen molar-refractivity contribution in [2.75, 3.05) is 19.6 Å². The molecule has 0 aliphatic carbocycles. The second kappa shape index (κ2) is 9.02. The van der Waals surface area contributed by atoms with E-state index >= 15 is 0 Å². The van der Waals surface area contributed by atoms with Crippen molar-refractivity contribution >= 4 is 30.7 Å². The number of aryl methyl sites for hydroxylation is 2. The van der Waals surface area contributed by atoms with Gasteiger partial charge >= 0.3 is 0 Å². The number of benzene rings is 1. The molecule has 3 rings (SSSR count). The molecule has 24 heavy (non-hydrogen) atoms. The molecule has 1 N–H and O–H groups in total. The molecule has 0 bridgehead atoms. The predicted molar refractivity (Wildman–Crippen MR) is 101 cm³/mol. The number of carbonyl (C=O) groups is 1. The summed E-state index contributed by atoms with van der Waals surface area (Å²) in [5.41, 5.74) is 3.73. The molecule has 1 aliphatic heterocycles. The molecule has 0 saturated carbocycles. The molecule has 6 heteroatoms. The van der Waals surface area contributed by atoms with Gasteiger partial charge in [0.1, 0.15) is 0 Å². The first kappa shape index (κ1) is 20.4. The molecule has 1 unspecified atom stereocenters. The number of halogens is 2. The van der Waals surface area contributed by atoms with Crippen LogP contribution in [0.2, 0.25) is 0 Å². The summed E-state index contributed by atoms with van der Waals surface area (Å²) in [7, 11) is 0. The van der Waals surface area contributed by atoms with E-state index in [2.05, 4.69) is 22.4 Å². The number of aromatic nitrogens is 1. The van der Waals surface area contributed by atoms with Crippen LogP contribution in [0, 0.1) is 13.8 Å². The van der Waals surface area contributed by atoms with Crippen LogP contribution in [-0.2, 0) is 0 Å². The Morgan fingerprint density at radius 3 is 2.38 bits per heavy atom. The largest absolute Gasteiger partial charge is 0.335 e. The zero-order chi connectivity index (χ0) is 15.5. The number of hydrogen-bond donors (Lipinski definition) is 1. The Balaban J connectivity index is 0.00000144. The standard InChI is InChI=1S/C18H21N3O.2ClH/c1-13-10-16(11-14(2)20-13)18(22)21-9-8-19-17(12-21)15-6-4-3-5-7-15;;/h3-7,10-11,17,19H,8-9,12H2,1-2H3;2*1H. The van der Waals surface area contributed by atoms with E-state index in [1.54, 1.807) is 0 Å². The van der Waals surface area contributed by atoms with Crippen LogP contribution in [-0.4, -0.2) is 35.4 Å². The highest BCUT2D eigenvalue weighted by Gasteiger charge is 2.25. The van der Waals surface area contributed by atoms with Gasteiger partial charge in [0.05, 0.1) is 0 Å². The van der Waals surface area contributed by atoms with Gasteiger partial charge < -0.3 is 10.2 Å². The monoisotopic (exact) mass is 367 g/mol. The van der Waals surface area contributed by atoms with E-state index in [1.165, 1.54) is 5.56 Å². The van der Waals surface area contributed by atoms with Crippen molar-refractivity contribution < 1.29 is 4.79 Å². The van der Waals surface area contributed by atoms with E-state index in [1.807, 2.05) is 49.1 Å². The fraction of sp³-hybridized carbons (Fsp3) is 0.333. The fourth-order valence-corrected chi connectivity index (χ4v) is 2.98. The van der Waals surface area contributed by atoms with Gasteiger partial charge in [0.25, 0.3) is 5.91 Å². The summed E-state index contributed by atoms with van der Waals surface area (Å²) in [6, 6.07) is 14.2. The molecule has 0 spiro atoms. The number of carbonyl (C=O) groups excluding carboxylic acids is 1. The highest BCUT2D eigenvalue weighted by Crippen LogP contribution is 2.19. The first-order chi connectivity index (χ1) is 10.6. The van der Waals surface area contributed by atoms with Crippen molar-refractivity contribution in [1.29, 1.82) is 0 Å². The third-order valence-electron chi connectivity index (χ3n) is 3.99. The molecule has 2 aromatic rings. The fourth-order valence-electron chi connectivity index (χ4n) is 2.98. The molecule has 4 nitrogen and oxygen atoms in total. The number of nitrogens with zero attached hydrogens (tertiary/aromatic N) is 2. The number of amides is 1. The summed E-state index contributed by atoms with van der Waals surface area (Å²) in [5.74, 6) is 0.0935. The predicted octanol–water partition coefficient (Wildman–Crippen LogP) is 3.33. The highest BCUT2D eigenvalue weighted by molar-refractivity contribution is 5.94. The third kappa shape index (κ3) is 4.69. The Kier molecular flexibility index (Phi) is 7.67. The maximum absolute atomic E-state index is 12.8. The molecule has 1 amide bonds. The summed E-state index contributed by atoms with van der Waals surface area (Å²) in [6.45, 7) is 6.10. The molecule has 2 heterocycles. The van der Waals surface area contributed by atoms with Crippen molar-refractivity contribution in [2.45, 2.75) is 19.9 Å². The van der Waals surface area contributed by atoms with Gasteiger partial charge in [-0.25, -0.2) is 0 Å². The van der Waals surface area contributed by atoms with E-state index in [-0.39, 0.29) is 36.8 Å². The average molecular weight is 368 g/mol. The normalized spacial score (nSPS) is 16.8. The molecule has 1 aromatic heterocycles. The van der Waals surface area contributed by atoms with Gasteiger partial charge in [0, 0.05) is 42.6 Å². The lowest BCUT2D eigenvalue weighted by Gasteiger charge is -2.34. The lowest BCUT2D eigenvalue weighted by atomic mass is 10.0. The van der Waals surface area contributed by atoms with Gasteiger partial charge in [-0.3, -0.25) is 9.78 Å². The van der Waals surface area contributed by atoms with Crippen LogP contribution in [0.1, 0.15) is 33.4 Å². The van der Waals surface area contributed by atoms with Crippen LogP contribution in [0.25, 0.3) is 0 Å². The maximum Gasteiger partial charge on any atom is 0.254 e. The number of pyridine rings is 1. The molecule has 0 radical (unpaired) electrons. The second-order valence-corrected chi connectivity index (χ2v) is 5.81. The molecule has 1 aromatic carbocycles. The minimum atomic E-state index is 0. The summed E-state index contributed by atoms with van der Waals surface area (Å²) < 4.78 is 0. The minimum absolute atomic E-state index is 0. The first-order valence-electron chi connectivity index (χ1n) is 7.66. The highest BCUT2D eigenvalue weighted by atomic mass is 35.5. The number of hydrogen-bond acceptors (Lipinski definition) is 3. The zero-order valence-corrected chi connectivity index (χ0v) is 15.5. The Bertz CT molecular complexity index is 659. The van der Waals surface area contributed by atoms with Crippen molar-refractivity contribution in [3.63, 3.8) is 0 Å². The first-order valence-corrected chi connectivity index (χ1v) is 7.66. The molecule has 1 saturated heterocycles. The van der Waals surface area contributed by atoms with Crippen LogP contribution in [0.3, 0.4) is 0 Å². The van der Waals surface area contributed by atoms with Crippen molar-refractivity contribution in [3.05, 3.63) is 65.0 Å². The van der Waals surface area contributed by atoms with Crippen LogP contribution in [0.15, 0.2) is 42.5 Å². The van der Waals surface area contributed by atoms with Gasteiger partial charge in [-0.15, -0.1) is 24.8 Å². The number of nitrogens with one attached hydrogen (secondary N) is 1. The molecular formula is C18H23Cl2N3O. The minimum Gasteiger partial charge on any atom is -0.335 e. The van der Waals surface area contributed by atoms with E-state index < -0.39 is 0 Å². The van der Waals surface area contributed by atoms with Crippen LogP contribution in [0.4, 0.5) is 0 Å². The maximum atomic E-state index is 12.8. The summed E-state index contributed by atoms with van der Waals surface area (Å²) in [4.78, 5) is 19.0. The van der Waals surface area contributed by atoms with Gasteiger partial charge in [-0.05, 0) is 31.5 Å².